The van der Waals surface area contributed by atoms with Gasteiger partial charge in [0.25, 0.3) is 0 Å². The molecule has 0 N–H and O–H groups in total. The number of rotatable bonds is 2. The Labute approximate surface area is 245 Å². The molecule has 3 heterocycles. The predicted molar refractivity (Wildman–Crippen MR) is 177 cm³/mol. The van der Waals surface area contributed by atoms with Crippen molar-refractivity contribution in [3.05, 3.63) is 132 Å². The Kier molecular flexibility index (Phi) is 4.76. The summed E-state index contributed by atoms with van der Waals surface area (Å²) >= 11 is 1.84. The summed E-state index contributed by atoms with van der Waals surface area (Å²) in [6, 6.07) is 45.8. The van der Waals surface area contributed by atoms with Gasteiger partial charge in [-0.2, -0.15) is 5.26 Å². The van der Waals surface area contributed by atoms with Crippen LogP contribution in [0.3, 0.4) is 0 Å². The number of aryl methyl sites for hydroxylation is 1. The number of thiophene rings is 1. The summed E-state index contributed by atoms with van der Waals surface area (Å²) in [5.74, 6) is 0. The Balaban J connectivity index is 1.33. The zero-order valence-electron chi connectivity index (χ0n) is 22.8. The summed E-state index contributed by atoms with van der Waals surface area (Å²) in [6.07, 6.45) is 0. The van der Waals surface area contributed by atoms with E-state index in [0.29, 0.717) is 5.56 Å². The van der Waals surface area contributed by atoms with Gasteiger partial charge in [0, 0.05) is 42.7 Å². The van der Waals surface area contributed by atoms with Gasteiger partial charge in [-0.3, -0.25) is 0 Å². The van der Waals surface area contributed by atoms with Crippen molar-refractivity contribution in [3.8, 4) is 17.4 Å². The van der Waals surface area contributed by atoms with Gasteiger partial charge in [0.05, 0.1) is 44.1 Å². The van der Waals surface area contributed by atoms with E-state index >= 15 is 0 Å². The van der Waals surface area contributed by atoms with Crippen LogP contribution in [0.15, 0.2) is 121 Å². The Morgan fingerprint density at radius 2 is 1.26 bits per heavy atom. The van der Waals surface area contributed by atoms with Crippen LogP contribution in [-0.4, -0.2) is 9.13 Å². The van der Waals surface area contributed by atoms with Crippen LogP contribution in [0.25, 0.3) is 75.2 Å². The minimum absolute atomic E-state index is 0.679. The number of nitriles is 1. The summed E-state index contributed by atoms with van der Waals surface area (Å²) in [7, 11) is 0. The zero-order valence-corrected chi connectivity index (χ0v) is 23.6. The van der Waals surface area contributed by atoms with Crippen LogP contribution < -0.4 is 0 Å². The standard InChI is InChI=1S/C38H23N3S/c1-23-13-16-28-26-7-2-4-10-32(26)40(36(28)19-23)25-15-18-37-31(21-25)29-9-6-12-35(38(29)42-37)41-33-11-5-3-8-27(33)30-20-24(22-39)14-17-34(30)41/h2-21H,1H3. The summed E-state index contributed by atoms with van der Waals surface area (Å²) < 4.78 is 7.30. The molecule has 0 amide bonds. The van der Waals surface area contributed by atoms with Gasteiger partial charge in [0.15, 0.2) is 0 Å². The lowest BCUT2D eigenvalue weighted by atomic mass is 10.1. The van der Waals surface area contributed by atoms with Crippen molar-refractivity contribution in [1.29, 1.82) is 5.26 Å². The molecule has 4 heteroatoms. The molecule has 3 aromatic heterocycles. The van der Waals surface area contributed by atoms with E-state index in [2.05, 4.69) is 131 Å². The molecule has 196 valence electrons. The molecule has 0 aliphatic carbocycles. The van der Waals surface area contributed by atoms with Crippen LogP contribution in [0.1, 0.15) is 11.1 Å². The highest BCUT2D eigenvalue weighted by Crippen LogP contribution is 2.42. The smallest absolute Gasteiger partial charge is 0.0991 e. The molecule has 0 atom stereocenters. The van der Waals surface area contributed by atoms with Crippen molar-refractivity contribution in [2.75, 3.05) is 0 Å². The highest BCUT2D eigenvalue weighted by molar-refractivity contribution is 7.26. The van der Waals surface area contributed by atoms with E-state index in [1.54, 1.807) is 0 Å². The SMILES string of the molecule is Cc1ccc2c3ccccc3n(-c3ccc4sc5c(-n6c7ccccc7c7cc(C#N)ccc76)cccc5c4c3)c2c1. The maximum absolute atomic E-state index is 9.58. The first-order chi connectivity index (χ1) is 20.7. The van der Waals surface area contributed by atoms with E-state index in [4.69, 9.17) is 0 Å². The molecule has 3 nitrogen and oxygen atoms in total. The molecule has 0 aliphatic rings. The van der Waals surface area contributed by atoms with Gasteiger partial charge in [-0.15, -0.1) is 11.3 Å². The lowest BCUT2D eigenvalue weighted by molar-refractivity contribution is 1.18. The summed E-state index contributed by atoms with van der Waals surface area (Å²) in [6.45, 7) is 2.16. The van der Waals surface area contributed by atoms with Gasteiger partial charge in [-0.1, -0.05) is 60.7 Å². The highest BCUT2D eigenvalue weighted by atomic mass is 32.1. The van der Waals surface area contributed by atoms with Crippen molar-refractivity contribution in [2.24, 2.45) is 0 Å². The first-order valence-electron chi connectivity index (χ1n) is 14.1. The third-order valence-corrected chi connectivity index (χ3v) is 9.80. The summed E-state index contributed by atoms with van der Waals surface area (Å²) in [4.78, 5) is 0. The monoisotopic (exact) mass is 553 g/mol. The average Bonchev–Trinajstić information content (AvgIpc) is 3.67. The molecule has 0 aliphatic heterocycles. The van der Waals surface area contributed by atoms with Crippen LogP contribution in [-0.2, 0) is 0 Å². The second kappa shape index (κ2) is 8.57. The van der Waals surface area contributed by atoms with Gasteiger partial charge in [-0.25, -0.2) is 0 Å². The van der Waals surface area contributed by atoms with Crippen molar-refractivity contribution in [1.82, 2.24) is 9.13 Å². The Morgan fingerprint density at radius 1 is 0.548 bits per heavy atom. The van der Waals surface area contributed by atoms with E-state index in [0.717, 1.165) is 21.8 Å². The number of para-hydroxylation sites is 2. The Hall–Kier alpha value is -5.37. The van der Waals surface area contributed by atoms with Gasteiger partial charge in [-0.05, 0) is 73.2 Å². The van der Waals surface area contributed by atoms with E-state index in [1.165, 1.54) is 58.9 Å². The average molecular weight is 554 g/mol. The van der Waals surface area contributed by atoms with Crippen molar-refractivity contribution >= 4 is 75.1 Å². The fourth-order valence-electron chi connectivity index (χ4n) is 6.75. The fourth-order valence-corrected chi connectivity index (χ4v) is 7.93. The molecule has 9 aromatic rings. The van der Waals surface area contributed by atoms with Gasteiger partial charge >= 0.3 is 0 Å². The Bertz CT molecular complexity index is 2600. The highest BCUT2D eigenvalue weighted by Gasteiger charge is 2.18. The van der Waals surface area contributed by atoms with Crippen molar-refractivity contribution < 1.29 is 0 Å². The fraction of sp³-hybridized carbons (Fsp3) is 0.0263. The molecule has 0 unspecified atom stereocenters. The minimum atomic E-state index is 0.679. The molecular weight excluding hydrogens is 531 g/mol. The Morgan fingerprint density at radius 3 is 2.10 bits per heavy atom. The molecule has 0 fully saturated rings. The molecule has 0 saturated heterocycles. The molecule has 0 spiro atoms. The minimum Gasteiger partial charge on any atom is -0.309 e. The molecule has 6 aromatic carbocycles. The van der Waals surface area contributed by atoms with E-state index in [9.17, 15) is 5.26 Å². The summed E-state index contributed by atoms with van der Waals surface area (Å²) in [5.41, 5.74) is 8.99. The maximum Gasteiger partial charge on any atom is 0.0991 e. The topological polar surface area (TPSA) is 33.6 Å². The van der Waals surface area contributed by atoms with Crippen molar-refractivity contribution in [3.63, 3.8) is 0 Å². The lowest BCUT2D eigenvalue weighted by Gasteiger charge is -2.10. The van der Waals surface area contributed by atoms with E-state index in [1.807, 2.05) is 23.5 Å². The number of hydrogen-bond acceptors (Lipinski definition) is 2. The zero-order chi connectivity index (χ0) is 27.9. The number of hydrogen-bond donors (Lipinski definition) is 0. The molecule has 0 bridgehead atoms. The van der Waals surface area contributed by atoms with Crippen LogP contribution in [0.4, 0.5) is 0 Å². The van der Waals surface area contributed by atoms with Crippen LogP contribution >= 0.6 is 11.3 Å². The number of aromatic nitrogens is 2. The quantitative estimate of drug-likeness (QED) is 0.210. The third-order valence-electron chi connectivity index (χ3n) is 8.59. The third kappa shape index (κ3) is 3.14. The molecule has 9 rings (SSSR count). The van der Waals surface area contributed by atoms with Crippen LogP contribution in [0.5, 0.6) is 0 Å². The predicted octanol–water partition coefficient (Wildman–Crippen LogP) is 10.4. The van der Waals surface area contributed by atoms with Gasteiger partial charge in [0.1, 0.15) is 0 Å². The van der Waals surface area contributed by atoms with E-state index < -0.39 is 0 Å². The molecular formula is C38H23N3S. The second-order valence-electron chi connectivity index (χ2n) is 11.0. The number of benzene rings is 6. The number of fused-ring (bicyclic) bond motifs is 9. The van der Waals surface area contributed by atoms with Gasteiger partial charge < -0.3 is 9.13 Å². The van der Waals surface area contributed by atoms with Crippen LogP contribution in [0.2, 0.25) is 0 Å². The van der Waals surface area contributed by atoms with Crippen LogP contribution in [0, 0.1) is 18.3 Å². The largest absolute Gasteiger partial charge is 0.309 e. The molecule has 0 saturated carbocycles. The maximum atomic E-state index is 9.58. The van der Waals surface area contributed by atoms with E-state index in [-0.39, 0.29) is 0 Å². The normalized spacial score (nSPS) is 11.9. The first kappa shape index (κ1) is 23.3. The first-order valence-corrected chi connectivity index (χ1v) is 14.9. The molecule has 42 heavy (non-hydrogen) atoms. The number of nitrogens with zero attached hydrogens (tertiary/aromatic N) is 3. The van der Waals surface area contributed by atoms with Gasteiger partial charge in [0.2, 0.25) is 0 Å². The molecule has 0 radical (unpaired) electrons. The lowest BCUT2D eigenvalue weighted by Crippen LogP contribution is -1.94. The van der Waals surface area contributed by atoms with Crippen molar-refractivity contribution in [2.45, 2.75) is 6.92 Å². The second-order valence-corrected chi connectivity index (χ2v) is 12.1. The summed E-state index contributed by atoms with van der Waals surface area (Å²) in [5, 5.41) is 16.9.